The molecule has 0 aliphatic rings. The number of nitrogens with one attached hydrogen (secondary N) is 1. The number of para-hydroxylation sites is 3. The first-order valence-corrected chi connectivity index (χ1v) is 7.23. The fourth-order valence-electron chi connectivity index (χ4n) is 2.41. The number of anilines is 1. The van der Waals surface area contributed by atoms with Gasteiger partial charge in [0.05, 0.1) is 11.1 Å². The molecule has 3 aromatic rings. The Morgan fingerprint density at radius 3 is 2.70 bits per heavy atom. The second kappa shape index (κ2) is 6.10. The van der Waals surface area contributed by atoms with Crippen molar-refractivity contribution in [3.8, 4) is 0 Å². The number of rotatable bonds is 4. The molecular weight excluding hydrogens is 316 g/mol. The zero-order chi connectivity index (χ0) is 16.4. The number of benzene rings is 2. The molecule has 0 bridgehead atoms. The van der Waals surface area contributed by atoms with Gasteiger partial charge in [-0.1, -0.05) is 41.9 Å². The number of hydrogen-bond donors (Lipinski definition) is 1. The van der Waals surface area contributed by atoms with Crippen molar-refractivity contribution in [1.82, 2.24) is 4.57 Å². The smallest absolute Gasteiger partial charge is 0.294 e. The van der Waals surface area contributed by atoms with Gasteiger partial charge in [0.25, 0.3) is 5.69 Å². The summed E-state index contributed by atoms with van der Waals surface area (Å²) in [6.07, 6.45) is 1.57. The maximum atomic E-state index is 11.0. The van der Waals surface area contributed by atoms with E-state index in [0.29, 0.717) is 10.8 Å². The highest BCUT2D eigenvalue weighted by Gasteiger charge is 2.13. The Balaban J connectivity index is 1.93. The minimum atomic E-state index is -0.456. The number of aryl methyl sites for hydroxylation is 1. The summed E-state index contributed by atoms with van der Waals surface area (Å²) in [5, 5.41) is 16.6. The van der Waals surface area contributed by atoms with Crippen LogP contribution in [0.4, 0.5) is 11.4 Å². The van der Waals surface area contributed by atoms with E-state index in [2.05, 4.69) is 10.5 Å². The van der Waals surface area contributed by atoms with E-state index in [4.69, 9.17) is 11.6 Å². The Labute approximate surface area is 137 Å². The summed E-state index contributed by atoms with van der Waals surface area (Å²) in [5.74, 6) is 0. The lowest BCUT2D eigenvalue weighted by Gasteiger charge is -2.01. The quantitative estimate of drug-likeness (QED) is 0.443. The first-order valence-electron chi connectivity index (χ1n) is 6.85. The van der Waals surface area contributed by atoms with Crippen molar-refractivity contribution in [2.45, 2.75) is 0 Å². The van der Waals surface area contributed by atoms with Crippen LogP contribution < -0.4 is 5.43 Å². The molecular formula is C16H13ClN4O2. The molecule has 1 N–H and O–H groups in total. The zero-order valence-corrected chi connectivity index (χ0v) is 13.0. The lowest BCUT2D eigenvalue weighted by Crippen LogP contribution is -1.96. The number of nitro groups is 1. The van der Waals surface area contributed by atoms with Crippen LogP contribution in [0.25, 0.3) is 10.9 Å². The fourth-order valence-corrected chi connectivity index (χ4v) is 2.65. The van der Waals surface area contributed by atoms with Gasteiger partial charge in [0.15, 0.2) is 0 Å². The Morgan fingerprint density at radius 2 is 1.91 bits per heavy atom. The molecule has 116 valence electrons. The second-order valence-electron chi connectivity index (χ2n) is 4.92. The first-order chi connectivity index (χ1) is 11.1. The first kappa shape index (κ1) is 15.1. The summed E-state index contributed by atoms with van der Waals surface area (Å²) in [4.78, 5) is 10.5. The van der Waals surface area contributed by atoms with E-state index in [1.54, 1.807) is 24.4 Å². The number of fused-ring (bicyclic) bond motifs is 1. The molecule has 23 heavy (non-hydrogen) atoms. The van der Waals surface area contributed by atoms with Crippen LogP contribution in [0.3, 0.4) is 0 Å². The average molecular weight is 329 g/mol. The van der Waals surface area contributed by atoms with Crippen LogP contribution in [0.2, 0.25) is 5.15 Å². The SMILES string of the molecule is Cn1c(Cl)c(C=NNc2ccccc2[N+](=O)[O-])c2ccccc21. The van der Waals surface area contributed by atoms with E-state index in [0.717, 1.165) is 16.5 Å². The fraction of sp³-hybridized carbons (Fsp3) is 0.0625. The molecule has 0 amide bonds. The van der Waals surface area contributed by atoms with Crippen LogP contribution >= 0.6 is 11.6 Å². The van der Waals surface area contributed by atoms with Crippen molar-refractivity contribution in [3.05, 3.63) is 69.4 Å². The third-order valence-corrected chi connectivity index (χ3v) is 4.01. The Kier molecular flexibility index (Phi) is 3.99. The molecule has 0 radical (unpaired) electrons. The lowest BCUT2D eigenvalue weighted by molar-refractivity contribution is -0.384. The highest BCUT2D eigenvalue weighted by Crippen LogP contribution is 2.28. The summed E-state index contributed by atoms with van der Waals surface area (Å²) in [6.45, 7) is 0. The third kappa shape index (κ3) is 2.76. The van der Waals surface area contributed by atoms with Gasteiger partial charge in [0.1, 0.15) is 10.8 Å². The molecule has 0 aliphatic carbocycles. The number of hydrogen-bond acceptors (Lipinski definition) is 4. The highest BCUT2D eigenvalue weighted by molar-refractivity contribution is 6.34. The molecule has 0 saturated carbocycles. The summed E-state index contributed by atoms with van der Waals surface area (Å²) in [6, 6.07) is 14.1. The van der Waals surface area contributed by atoms with Crippen LogP contribution in [-0.4, -0.2) is 15.7 Å². The Bertz CT molecular complexity index is 918. The third-order valence-electron chi connectivity index (χ3n) is 3.55. The van der Waals surface area contributed by atoms with Gasteiger partial charge >= 0.3 is 0 Å². The van der Waals surface area contributed by atoms with Gasteiger partial charge in [-0.25, -0.2) is 0 Å². The molecule has 0 unspecified atom stereocenters. The van der Waals surface area contributed by atoms with E-state index in [1.165, 1.54) is 6.07 Å². The molecule has 6 nitrogen and oxygen atoms in total. The number of nitrogens with zero attached hydrogens (tertiary/aromatic N) is 3. The zero-order valence-electron chi connectivity index (χ0n) is 12.2. The van der Waals surface area contributed by atoms with Crippen LogP contribution in [0, 0.1) is 10.1 Å². The van der Waals surface area contributed by atoms with Gasteiger partial charge in [-0.05, 0) is 12.1 Å². The van der Waals surface area contributed by atoms with Crippen molar-refractivity contribution in [2.24, 2.45) is 12.1 Å². The van der Waals surface area contributed by atoms with E-state index in [9.17, 15) is 10.1 Å². The molecule has 0 aliphatic heterocycles. The summed E-state index contributed by atoms with van der Waals surface area (Å²) >= 11 is 6.34. The molecule has 7 heteroatoms. The van der Waals surface area contributed by atoms with E-state index >= 15 is 0 Å². The van der Waals surface area contributed by atoms with E-state index in [1.807, 2.05) is 35.9 Å². The predicted molar refractivity (Wildman–Crippen MR) is 92.2 cm³/mol. The van der Waals surface area contributed by atoms with Gasteiger partial charge < -0.3 is 4.57 Å². The van der Waals surface area contributed by atoms with Crippen molar-refractivity contribution >= 4 is 40.1 Å². The molecule has 2 aromatic carbocycles. The van der Waals surface area contributed by atoms with Crippen LogP contribution in [0.15, 0.2) is 53.6 Å². The Morgan fingerprint density at radius 1 is 1.22 bits per heavy atom. The lowest BCUT2D eigenvalue weighted by atomic mass is 10.2. The van der Waals surface area contributed by atoms with Crippen molar-refractivity contribution in [2.75, 3.05) is 5.43 Å². The summed E-state index contributed by atoms with van der Waals surface area (Å²) < 4.78 is 1.86. The van der Waals surface area contributed by atoms with Crippen LogP contribution in [-0.2, 0) is 7.05 Å². The molecule has 1 heterocycles. The monoisotopic (exact) mass is 328 g/mol. The van der Waals surface area contributed by atoms with Gasteiger partial charge in [0, 0.05) is 29.6 Å². The number of hydrazone groups is 1. The largest absolute Gasteiger partial charge is 0.334 e. The highest BCUT2D eigenvalue weighted by atomic mass is 35.5. The number of aromatic nitrogens is 1. The molecule has 0 fully saturated rings. The molecule has 3 rings (SSSR count). The minimum Gasteiger partial charge on any atom is -0.334 e. The van der Waals surface area contributed by atoms with Crippen molar-refractivity contribution in [1.29, 1.82) is 0 Å². The standard InChI is InChI=1S/C16H13ClN4O2/c1-20-14-8-4-2-6-11(14)12(16(20)17)10-18-19-13-7-3-5-9-15(13)21(22)23/h2-10,19H,1H3. The molecule has 1 aromatic heterocycles. The maximum Gasteiger partial charge on any atom is 0.294 e. The van der Waals surface area contributed by atoms with Gasteiger partial charge in [0.2, 0.25) is 0 Å². The molecule has 0 spiro atoms. The van der Waals surface area contributed by atoms with E-state index < -0.39 is 4.92 Å². The Hall–Kier alpha value is -2.86. The molecule has 0 atom stereocenters. The van der Waals surface area contributed by atoms with Gasteiger partial charge in [-0.2, -0.15) is 5.10 Å². The maximum absolute atomic E-state index is 11.0. The topological polar surface area (TPSA) is 72.5 Å². The predicted octanol–water partition coefficient (Wildman–Crippen LogP) is 4.19. The number of nitro benzene ring substituents is 1. The normalized spacial score (nSPS) is 11.2. The summed E-state index contributed by atoms with van der Waals surface area (Å²) in [7, 11) is 1.87. The van der Waals surface area contributed by atoms with E-state index in [-0.39, 0.29) is 5.69 Å². The van der Waals surface area contributed by atoms with Crippen LogP contribution in [0.1, 0.15) is 5.56 Å². The minimum absolute atomic E-state index is 0.0336. The molecule has 0 saturated heterocycles. The summed E-state index contributed by atoms with van der Waals surface area (Å²) in [5.41, 5.74) is 4.75. The van der Waals surface area contributed by atoms with Crippen molar-refractivity contribution < 1.29 is 4.92 Å². The second-order valence-corrected chi connectivity index (χ2v) is 5.28. The van der Waals surface area contributed by atoms with Crippen LogP contribution in [0.5, 0.6) is 0 Å². The number of halogens is 1. The van der Waals surface area contributed by atoms with Gasteiger partial charge in [-0.15, -0.1) is 0 Å². The average Bonchev–Trinajstić information content (AvgIpc) is 2.80. The van der Waals surface area contributed by atoms with Crippen molar-refractivity contribution in [3.63, 3.8) is 0 Å². The van der Waals surface area contributed by atoms with Gasteiger partial charge in [-0.3, -0.25) is 15.5 Å².